The first kappa shape index (κ1) is 17.6. The molecule has 1 aliphatic heterocycles. The molecule has 2 aromatic heterocycles. The van der Waals surface area contributed by atoms with E-state index in [0.29, 0.717) is 19.7 Å². The maximum absolute atomic E-state index is 12.4. The number of amides is 1. The van der Waals surface area contributed by atoms with Gasteiger partial charge in [0.25, 0.3) is 0 Å². The molecule has 0 spiro atoms. The maximum atomic E-state index is 12.4. The molecule has 3 heterocycles. The van der Waals surface area contributed by atoms with Crippen LogP contribution in [0.2, 0.25) is 0 Å². The van der Waals surface area contributed by atoms with E-state index in [1.807, 2.05) is 34.7 Å². The Kier molecular flexibility index (Phi) is 5.83. The molecule has 0 aliphatic carbocycles. The topological polar surface area (TPSA) is 77.2 Å². The number of rotatable bonds is 7. The number of carbonyl (C=O) groups excluding carboxylic acids is 1. The second-order valence-corrected chi connectivity index (χ2v) is 6.46. The molecule has 8 heteroatoms. The number of morpholine rings is 1. The van der Waals surface area contributed by atoms with E-state index >= 15 is 0 Å². The first-order chi connectivity index (χ1) is 12.1. The molecule has 0 saturated carbocycles. The van der Waals surface area contributed by atoms with Gasteiger partial charge >= 0.3 is 0 Å². The highest BCUT2D eigenvalue weighted by molar-refractivity contribution is 5.91. The van der Waals surface area contributed by atoms with Crippen molar-refractivity contribution in [1.82, 2.24) is 24.5 Å². The zero-order valence-electron chi connectivity index (χ0n) is 14.9. The molecular formula is C17H26N6O2. The molecule has 0 aromatic carbocycles. The number of nitrogens with zero attached hydrogens (tertiary/aromatic N) is 5. The van der Waals surface area contributed by atoms with E-state index in [2.05, 4.69) is 27.3 Å². The van der Waals surface area contributed by atoms with E-state index in [1.165, 1.54) is 0 Å². The maximum Gasteiger partial charge on any atom is 0.239 e. The fourth-order valence-corrected chi connectivity index (χ4v) is 3.02. The lowest BCUT2D eigenvalue weighted by Crippen LogP contribution is -2.47. The van der Waals surface area contributed by atoms with Gasteiger partial charge in [0, 0.05) is 31.9 Å². The van der Waals surface area contributed by atoms with E-state index in [4.69, 9.17) is 4.74 Å². The summed E-state index contributed by atoms with van der Waals surface area (Å²) in [5, 5.41) is 11.5. The van der Waals surface area contributed by atoms with Crippen molar-refractivity contribution in [3.63, 3.8) is 0 Å². The summed E-state index contributed by atoms with van der Waals surface area (Å²) < 4.78 is 9.53. The molecule has 1 unspecified atom stereocenters. The summed E-state index contributed by atoms with van der Waals surface area (Å²) in [6.07, 6.45) is 6.58. The monoisotopic (exact) mass is 346 g/mol. The Bertz CT molecular complexity index is 695. The second kappa shape index (κ2) is 8.26. The van der Waals surface area contributed by atoms with Crippen LogP contribution in [-0.2, 0) is 22.6 Å². The Morgan fingerprint density at radius 3 is 3.08 bits per heavy atom. The summed E-state index contributed by atoms with van der Waals surface area (Å²) in [6, 6.07) is 1.83. The minimum atomic E-state index is -0.0200. The highest BCUT2D eigenvalue weighted by atomic mass is 16.5. The third kappa shape index (κ3) is 4.90. The second-order valence-electron chi connectivity index (χ2n) is 6.46. The summed E-state index contributed by atoms with van der Waals surface area (Å²) in [7, 11) is 0. The SMILES string of the molecule is CCCn1nccc1NC(=O)CN1CCOC(Cn2cc(C)cn2)C1. The van der Waals surface area contributed by atoms with Crippen LogP contribution in [0, 0.1) is 6.92 Å². The molecule has 1 atom stereocenters. The van der Waals surface area contributed by atoms with Crippen LogP contribution in [-0.4, -0.2) is 62.7 Å². The standard InChI is InChI=1S/C17H26N6O2/c1-3-6-23-16(4-5-18-23)20-17(24)13-21-7-8-25-15(11-21)12-22-10-14(2)9-19-22/h4-5,9-10,15H,3,6-8,11-13H2,1-2H3,(H,20,24). The molecule has 136 valence electrons. The summed E-state index contributed by atoms with van der Waals surface area (Å²) >= 11 is 0. The fraction of sp³-hybridized carbons (Fsp3) is 0.588. The van der Waals surface area contributed by atoms with E-state index in [-0.39, 0.29) is 12.0 Å². The van der Waals surface area contributed by atoms with Crippen LogP contribution in [0.5, 0.6) is 0 Å². The lowest BCUT2D eigenvalue weighted by molar-refractivity contribution is -0.119. The zero-order valence-corrected chi connectivity index (χ0v) is 14.9. The van der Waals surface area contributed by atoms with Crippen molar-refractivity contribution < 1.29 is 9.53 Å². The van der Waals surface area contributed by atoms with Crippen LogP contribution < -0.4 is 5.32 Å². The van der Waals surface area contributed by atoms with Crippen molar-refractivity contribution in [2.24, 2.45) is 0 Å². The van der Waals surface area contributed by atoms with Gasteiger partial charge in [0.05, 0.1) is 38.2 Å². The lowest BCUT2D eigenvalue weighted by atomic mass is 10.2. The van der Waals surface area contributed by atoms with E-state index in [1.54, 1.807) is 6.20 Å². The summed E-state index contributed by atoms with van der Waals surface area (Å²) in [5.41, 5.74) is 1.13. The van der Waals surface area contributed by atoms with Gasteiger partial charge in [0.15, 0.2) is 0 Å². The molecule has 25 heavy (non-hydrogen) atoms. The van der Waals surface area contributed by atoms with Crippen LogP contribution in [0.15, 0.2) is 24.7 Å². The molecule has 0 bridgehead atoms. The first-order valence-corrected chi connectivity index (χ1v) is 8.78. The number of hydrogen-bond donors (Lipinski definition) is 1. The fourth-order valence-electron chi connectivity index (χ4n) is 3.02. The minimum Gasteiger partial charge on any atom is -0.374 e. The Morgan fingerprint density at radius 1 is 1.44 bits per heavy atom. The highest BCUT2D eigenvalue weighted by Crippen LogP contribution is 2.10. The highest BCUT2D eigenvalue weighted by Gasteiger charge is 2.23. The van der Waals surface area contributed by atoms with Gasteiger partial charge in [-0.15, -0.1) is 0 Å². The van der Waals surface area contributed by atoms with Crippen LogP contribution >= 0.6 is 0 Å². The molecule has 0 radical (unpaired) electrons. The Hall–Kier alpha value is -2.19. The number of nitrogens with one attached hydrogen (secondary N) is 1. The van der Waals surface area contributed by atoms with Crippen LogP contribution in [0.4, 0.5) is 5.82 Å². The summed E-state index contributed by atoms with van der Waals surface area (Å²) in [4.78, 5) is 14.5. The Morgan fingerprint density at radius 2 is 2.32 bits per heavy atom. The van der Waals surface area contributed by atoms with Crippen LogP contribution in [0.3, 0.4) is 0 Å². The number of hydrogen-bond acceptors (Lipinski definition) is 5. The average Bonchev–Trinajstić information content (AvgIpc) is 3.17. The Balaban J connectivity index is 1.50. The third-order valence-electron chi connectivity index (χ3n) is 4.16. The number of ether oxygens (including phenoxy) is 1. The molecular weight excluding hydrogens is 320 g/mol. The molecule has 3 rings (SSSR count). The third-order valence-corrected chi connectivity index (χ3v) is 4.16. The van der Waals surface area contributed by atoms with Crippen molar-refractivity contribution in [2.75, 3.05) is 31.6 Å². The van der Waals surface area contributed by atoms with E-state index < -0.39 is 0 Å². The van der Waals surface area contributed by atoms with Crippen LogP contribution in [0.25, 0.3) is 0 Å². The van der Waals surface area contributed by atoms with Gasteiger partial charge in [0.2, 0.25) is 5.91 Å². The smallest absolute Gasteiger partial charge is 0.239 e. The Labute approximate surface area is 147 Å². The van der Waals surface area contributed by atoms with Gasteiger partial charge < -0.3 is 10.1 Å². The van der Waals surface area contributed by atoms with Gasteiger partial charge in [-0.05, 0) is 18.9 Å². The van der Waals surface area contributed by atoms with Gasteiger partial charge in [0.1, 0.15) is 5.82 Å². The lowest BCUT2D eigenvalue weighted by Gasteiger charge is -2.32. The van der Waals surface area contributed by atoms with Crippen molar-refractivity contribution in [3.8, 4) is 0 Å². The molecule has 1 amide bonds. The number of anilines is 1. The van der Waals surface area contributed by atoms with Gasteiger partial charge in [-0.25, -0.2) is 4.68 Å². The predicted octanol–water partition coefficient (Wildman–Crippen LogP) is 1.14. The average molecular weight is 346 g/mol. The van der Waals surface area contributed by atoms with E-state index in [9.17, 15) is 4.79 Å². The van der Waals surface area contributed by atoms with E-state index in [0.717, 1.165) is 37.4 Å². The van der Waals surface area contributed by atoms with Crippen LogP contribution in [0.1, 0.15) is 18.9 Å². The first-order valence-electron chi connectivity index (χ1n) is 8.78. The molecule has 2 aromatic rings. The normalized spacial score (nSPS) is 18.4. The van der Waals surface area contributed by atoms with Gasteiger partial charge in [-0.1, -0.05) is 6.92 Å². The molecule has 1 N–H and O–H groups in total. The largest absolute Gasteiger partial charge is 0.374 e. The molecule has 1 saturated heterocycles. The van der Waals surface area contributed by atoms with Crippen molar-refractivity contribution in [1.29, 1.82) is 0 Å². The molecule has 1 aliphatic rings. The zero-order chi connectivity index (χ0) is 17.6. The van der Waals surface area contributed by atoms with Crippen molar-refractivity contribution in [2.45, 2.75) is 39.5 Å². The number of carbonyl (C=O) groups is 1. The molecule has 1 fully saturated rings. The minimum absolute atomic E-state index is 0.0200. The van der Waals surface area contributed by atoms with Crippen molar-refractivity contribution in [3.05, 3.63) is 30.2 Å². The number of aromatic nitrogens is 4. The molecule has 8 nitrogen and oxygen atoms in total. The predicted molar refractivity (Wildman–Crippen MR) is 94.3 cm³/mol. The quantitative estimate of drug-likeness (QED) is 0.813. The summed E-state index contributed by atoms with van der Waals surface area (Å²) in [5.74, 6) is 0.733. The van der Waals surface area contributed by atoms with Gasteiger partial charge in [-0.2, -0.15) is 10.2 Å². The van der Waals surface area contributed by atoms with Gasteiger partial charge in [-0.3, -0.25) is 14.4 Å². The van der Waals surface area contributed by atoms with Crippen molar-refractivity contribution >= 4 is 11.7 Å². The number of aryl methyl sites for hydroxylation is 2. The summed E-state index contributed by atoms with van der Waals surface area (Å²) in [6.45, 7) is 8.08.